The Kier molecular flexibility index (Phi) is 6.26. The van der Waals surface area contributed by atoms with Crippen molar-refractivity contribution >= 4 is 15.9 Å². The number of likely N-dealkylation sites (N-methyl/N-ethyl adjacent to an activating group) is 1. The van der Waals surface area contributed by atoms with Crippen LogP contribution in [-0.2, 0) is 11.2 Å². The molecule has 0 aliphatic rings. The first kappa shape index (κ1) is 15.6. The van der Waals surface area contributed by atoms with Crippen molar-refractivity contribution in [2.24, 2.45) is 0 Å². The van der Waals surface area contributed by atoms with Gasteiger partial charge in [-0.15, -0.1) is 0 Å². The van der Waals surface area contributed by atoms with Crippen molar-refractivity contribution in [3.05, 3.63) is 28.5 Å². The Labute approximate surface area is 118 Å². The van der Waals surface area contributed by atoms with Gasteiger partial charge in [-0.25, -0.2) is 0 Å². The van der Waals surface area contributed by atoms with E-state index < -0.39 is 0 Å². The molecule has 0 bridgehead atoms. The van der Waals surface area contributed by atoms with Gasteiger partial charge < -0.3 is 10.1 Å². The lowest BCUT2D eigenvalue weighted by Gasteiger charge is -2.36. The summed E-state index contributed by atoms with van der Waals surface area (Å²) in [7, 11) is 1.99. The molecule has 0 amide bonds. The fraction of sp³-hybridized carbons (Fsp3) is 0.643. The van der Waals surface area contributed by atoms with E-state index in [-0.39, 0.29) is 11.6 Å². The number of halogens is 1. The molecule has 3 nitrogen and oxygen atoms in total. The zero-order valence-electron chi connectivity index (χ0n) is 11.7. The topological polar surface area (TPSA) is 34.1 Å². The van der Waals surface area contributed by atoms with Crippen molar-refractivity contribution < 1.29 is 4.74 Å². The number of nitrogens with zero attached hydrogens (tertiary/aromatic N) is 1. The van der Waals surface area contributed by atoms with Gasteiger partial charge in [-0.05, 0) is 61.3 Å². The highest BCUT2D eigenvalue weighted by Crippen LogP contribution is 2.23. The zero-order valence-corrected chi connectivity index (χ0v) is 13.3. The number of hydrogen-bond donors (Lipinski definition) is 1. The lowest BCUT2D eigenvalue weighted by molar-refractivity contribution is -0.0534. The molecule has 0 aliphatic carbocycles. The maximum atomic E-state index is 5.94. The molecule has 1 rings (SSSR count). The van der Waals surface area contributed by atoms with Gasteiger partial charge in [0.2, 0.25) is 0 Å². The van der Waals surface area contributed by atoms with Crippen LogP contribution in [0.1, 0.15) is 32.8 Å². The molecular weight excluding hydrogens is 292 g/mol. The summed E-state index contributed by atoms with van der Waals surface area (Å²) in [6, 6.07) is 2.39. The number of nitrogens with one attached hydrogen (secondary N) is 1. The summed E-state index contributed by atoms with van der Waals surface area (Å²) in [6.45, 7) is 7.11. The Morgan fingerprint density at radius 2 is 2.17 bits per heavy atom. The monoisotopic (exact) mass is 314 g/mol. The molecule has 0 aromatic carbocycles. The quantitative estimate of drug-likeness (QED) is 0.839. The first-order valence-corrected chi connectivity index (χ1v) is 7.25. The van der Waals surface area contributed by atoms with Gasteiger partial charge in [0.25, 0.3) is 0 Å². The van der Waals surface area contributed by atoms with Crippen LogP contribution in [0.15, 0.2) is 22.9 Å². The Morgan fingerprint density at radius 1 is 1.44 bits per heavy atom. The Balaban J connectivity index is 2.83. The smallest absolute Gasteiger partial charge is 0.0807 e. The average Bonchev–Trinajstić information content (AvgIpc) is 2.36. The molecule has 0 saturated heterocycles. The van der Waals surface area contributed by atoms with Crippen LogP contribution in [0, 0.1) is 0 Å². The molecule has 4 heteroatoms. The van der Waals surface area contributed by atoms with E-state index in [0.717, 1.165) is 23.9 Å². The number of pyridine rings is 1. The van der Waals surface area contributed by atoms with Gasteiger partial charge in [0.05, 0.1) is 5.60 Å². The minimum Gasteiger partial charge on any atom is -0.374 e. The van der Waals surface area contributed by atoms with Crippen molar-refractivity contribution in [1.29, 1.82) is 0 Å². The van der Waals surface area contributed by atoms with Crippen molar-refractivity contribution in [3.63, 3.8) is 0 Å². The number of hydrogen-bond acceptors (Lipinski definition) is 3. The number of aromatic nitrogens is 1. The van der Waals surface area contributed by atoms with Gasteiger partial charge in [0.15, 0.2) is 0 Å². The molecule has 102 valence electrons. The molecule has 2 atom stereocenters. The van der Waals surface area contributed by atoms with Crippen LogP contribution >= 0.6 is 15.9 Å². The minimum atomic E-state index is -0.147. The maximum absolute atomic E-state index is 5.94. The predicted molar refractivity (Wildman–Crippen MR) is 78.8 cm³/mol. The van der Waals surface area contributed by atoms with E-state index in [1.54, 1.807) is 6.20 Å². The molecule has 0 radical (unpaired) electrons. The van der Waals surface area contributed by atoms with Crippen LogP contribution in [0.3, 0.4) is 0 Å². The van der Waals surface area contributed by atoms with E-state index in [1.807, 2.05) is 20.2 Å². The molecule has 2 unspecified atom stereocenters. The minimum absolute atomic E-state index is 0.147. The Hall–Kier alpha value is -0.450. The van der Waals surface area contributed by atoms with Crippen molar-refractivity contribution in [2.45, 2.75) is 45.3 Å². The third kappa shape index (κ3) is 4.04. The molecule has 0 spiro atoms. The second-order valence-corrected chi connectivity index (χ2v) is 5.57. The van der Waals surface area contributed by atoms with Gasteiger partial charge in [0, 0.05) is 29.5 Å². The zero-order chi connectivity index (χ0) is 13.6. The van der Waals surface area contributed by atoms with E-state index in [2.05, 4.69) is 46.1 Å². The highest BCUT2D eigenvalue weighted by Gasteiger charge is 2.32. The lowest BCUT2D eigenvalue weighted by atomic mass is 9.88. The first-order valence-electron chi connectivity index (χ1n) is 6.46. The summed E-state index contributed by atoms with van der Waals surface area (Å²) in [5.41, 5.74) is 1.06. The molecule has 1 heterocycles. The normalized spacial score (nSPS) is 16.3. The van der Waals surface area contributed by atoms with Crippen LogP contribution in [0.25, 0.3) is 0 Å². The predicted octanol–water partition coefficient (Wildman–Crippen LogP) is 3.18. The second kappa shape index (κ2) is 7.22. The average molecular weight is 315 g/mol. The third-order valence-corrected chi connectivity index (χ3v) is 3.90. The van der Waals surface area contributed by atoms with E-state index in [0.29, 0.717) is 0 Å². The summed E-state index contributed by atoms with van der Waals surface area (Å²) in [5.74, 6) is 0. The van der Waals surface area contributed by atoms with Gasteiger partial charge in [-0.2, -0.15) is 0 Å². The van der Waals surface area contributed by atoms with Crippen molar-refractivity contribution in [3.8, 4) is 0 Å². The largest absolute Gasteiger partial charge is 0.374 e. The maximum Gasteiger partial charge on any atom is 0.0807 e. The molecule has 0 saturated carbocycles. The summed E-state index contributed by atoms with van der Waals surface area (Å²) in [5, 5.41) is 3.38. The molecule has 1 aromatic heterocycles. The molecule has 0 fully saturated rings. The van der Waals surface area contributed by atoms with E-state index in [9.17, 15) is 0 Å². The van der Waals surface area contributed by atoms with E-state index in [1.165, 1.54) is 5.56 Å². The van der Waals surface area contributed by atoms with Crippen LogP contribution in [0.4, 0.5) is 0 Å². The van der Waals surface area contributed by atoms with Gasteiger partial charge in [-0.3, -0.25) is 4.98 Å². The SMILES string of the molecule is CCOC(C)(CC)C(Cc1cncc(Br)c1)NC. The van der Waals surface area contributed by atoms with Gasteiger partial charge >= 0.3 is 0 Å². The van der Waals surface area contributed by atoms with Gasteiger partial charge in [-0.1, -0.05) is 6.92 Å². The standard InChI is InChI=1S/C14H23BrN2O/c1-5-14(3,18-6-2)13(16-4)8-11-7-12(15)10-17-9-11/h7,9-10,13,16H,5-6,8H2,1-4H3. The van der Waals surface area contributed by atoms with Crippen LogP contribution in [-0.4, -0.2) is 30.3 Å². The van der Waals surface area contributed by atoms with Crippen molar-refractivity contribution in [2.75, 3.05) is 13.7 Å². The van der Waals surface area contributed by atoms with Crippen LogP contribution in [0.5, 0.6) is 0 Å². The van der Waals surface area contributed by atoms with Gasteiger partial charge in [0.1, 0.15) is 0 Å². The highest BCUT2D eigenvalue weighted by molar-refractivity contribution is 9.10. The molecule has 1 aromatic rings. The summed E-state index contributed by atoms with van der Waals surface area (Å²) >= 11 is 3.46. The highest BCUT2D eigenvalue weighted by atomic mass is 79.9. The second-order valence-electron chi connectivity index (χ2n) is 4.66. The summed E-state index contributed by atoms with van der Waals surface area (Å²) in [4.78, 5) is 4.21. The molecular formula is C14H23BrN2O. The first-order chi connectivity index (χ1) is 8.55. The fourth-order valence-electron chi connectivity index (χ4n) is 2.21. The van der Waals surface area contributed by atoms with Crippen LogP contribution < -0.4 is 5.32 Å². The Bertz CT molecular complexity index is 373. The molecule has 0 aliphatic heterocycles. The third-order valence-electron chi connectivity index (χ3n) is 3.46. The van der Waals surface area contributed by atoms with Crippen LogP contribution in [0.2, 0.25) is 0 Å². The lowest BCUT2D eigenvalue weighted by Crippen LogP contribution is -2.50. The van der Waals surface area contributed by atoms with E-state index >= 15 is 0 Å². The van der Waals surface area contributed by atoms with Crippen molar-refractivity contribution in [1.82, 2.24) is 10.3 Å². The Morgan fingerprint density at radius 3 is 2.67 bits per heavy atom. The van der Waals surface area contributed by atoms with E-state index in [4.69, 9.17) is 4.74 Å². The fourth-order valence-corrected chi connectivity index (χ4v) is 2.62. The summed E-state index contributed by atoms with van der Waals surface area (Å²) < 4.78 is 6.96. The molecule has 1 N–H and O–H groups in total. The molecule has 18 heavy (non-hydrogen) atoms. The number of rotatable bonds is 7. The summed E-state index contributed by atoms with van der Waals surface area (Å²) in [6.07, 6.45) is 5.61. The number of ether oxygens (including phenoxy) is 1.